The topological polar surface area (TPSA) is 59.5 Å². The van der Waals surface area contributed by atoms with Gasteiger partial charge >= 0.3 is 0 Å². The highest BCUT2D eigenvalue weighted by molar-refractivity contribution is 5.89. The molecule has 4 nitrogen and oxygen atoms in total. The third kappa shape index (κ3) is 1.23. The maximum Gasteiger partial charge on any atom is 0.250 e. The van der Waals surface area contributed by atoms with E-state index in [1.54, 1.807) is 7.05 Å². The fourth-order valence-electron chi connectivity index (χ4n) is 1.72. The summed E-state index contributed by atoms with van der Waals surface area (Å²) in [6.07, 6.45) is 1.67. The smallest absolute Gasteiger partial charge is 0.250 e. The second kappa shape index (κ2) is 2.85. The van der Waals surface area contributed by atoms with Crippen molar-refractivity contribution >= 4 is 5.91 Å². The minimum atomic E-state index is -0.461. The molecule has 1 aliphatic carbocycles. The van der Waals surface area contributed by atoms with Gasteiger partial charge in [0.1, 0.15) is 16.9 Å². The largest absolute Gasteiger partial charge is 0.465 e. The normalized spacial score (nSPS) is 17.9. The van der Waals surface area contributed by atoms with Gasteiger partial charge in [-0.05, 0) is 31.9 Å². The monoisotopic (exact) mass is 194 g/mol. The molecule has 4 heteroatoms. The third-order valence-electron chi connectivity index (χ3n) is 2.69. The van der Waals surface area contributed by atoms with Crippen molar-refractivity contribution in [2.45, 2.75) is 25.2 Å². The first-order valence-corrected chi connectivity index (χ1v) is 4.66. The fraction of sp³-hybridized carbons (Fsp3) is 0.500. The summed E-state index contributed by atoms with van der Waals surface area (Å²) in [4.78, 5) is 11.8. The lowest BCUT2D eigenvalue weighted by Gasteiger charge is -2.16. The summed E-state index contributed by atoms with van der Waals surface area (Å²) >= 11 is 0. The van der Waals surface area contributed by atoms with Crippen LogP contribution in [0.1, 0.15) is 24.4 Å². The molecule has 1 saturated carbocycles. The molecule has 1 aromatic heterocycles. The zero-order valence-corrected chi connectivity index (χ0v) is 8.41. The van der Waals surface area contributed by atoms with E-state index in [0.717, 1.165) is 29.4 Å². The highest BCUT2D eigenvalue weighted by Crippen LogP contribution is 2.49. The molecule has 1 aliphatic rings. The number of hydrazine groups is 1. The Kier molecular flexibility index (Phi) is 1.89. The highest BCUT2D eigenvalue weighted by atomic mass is 16.3. The van der Waals surface area contributed by atoms with Gasteiger partial charge in [0, 0.05) is 7.05 Å². The average Bonchev–Trinajstić information content (AvgIpc) is 2.83. The van der Waals surface area contributed by atoms with Crippen LogP contribution in [-0.4, -0.2) is 18.0 Å². The quantitative estimate of drug-likeness (QED) is 0.433. The van der Waals surface area contributed by atoms with Crippen molar-refractivity contribution in [1.82, 2.24) is 5.01 Å². The Morgan fingerprint density at radius 2 is 2.21 bits per heavy atom. The van der Waals surface area contributed by atoms with Gasteiger partial charge in [0.2, 0.25) is 5.91 Å². The second-order valence-electron chi connectivity index (χ2n) is 3.91. The van der Waals surface area contributed by atoms with Crippen molar-refractivity contribution in [2.75, 3.05) is 7.05 Å². The molecule has 0 atom stereocenters. The van der Waals surface area contributed by atoms with Crippen molar-refractivity contribution in [1.29, 1.82) is 0 Å². The number of likely N-dealkylation sites (N-methyl/N-ethyl adjacent to an activating group) is 1. The average molecular weight is 194 g/mol. The number of aryl methyl sites for hydroxylation is 1. The van der Waals surface area contributed by atoms with E-state index in [1.165, 1.54) is 0 Å². The number of rotatable bonds is 2. The molecule has 0 saturated heterocycles. The summed E-state index contributed by atoms with van der Waals surface area (Å²) in [5.74, 6) is 6.96. The Bertz CT molecular complexity index is 364. The molecule has 14 heavy (non-hydrogen) atoms. The van der Waals surface area contributed by atoms with E-state index >= 15 is 0 Å². The molecule has 2 rings (SSSR count). The molecule has 0 bridgehead atoms. The Labute approximate surface area is 82.6 Å². The van der Waals surface area contributed by atoms with Gasteiger partial charge in [0.05, 0.1) is 0 Å². The van der Waals surface area contributed by atoms with Gasteiger partial charge in [-0.25, -0.2) is 5.84 Å². The molecule has 0 aromatic carbocycles. The van der Waals surface area contributed by atoms with Crippen LogP contribution in [0.3, 0.4) is 0 Å². The van der Waals surface area contributed by atoms with Gasteiger partial charge in [-0.1, -0.05) is 0 Å². The molecular weight excluding hydrogens is 180 g/mol. The van der Waals surface area contributed by atoms with E-state index in [4.69, 9.17) is 10.3 Å². The summed E-state index contributed by atoms with van der Waals surface area (Å²) < 4.78 is 5.48. The molecule has 0 radical (unpaired) electrons. The second-order valence-corrected chi connectivity index (χ2v) is 3.91. The summed E-state index contributed by atoms with van der Waals surface area (Å²) in [7, 11) is 1.57. The predicted molar refractivity (Wildman–Crippen MR) is 51.3 cm³/mol. The van der Waals surface area contributed by atoms with Gasteiger partial charge in [-0.15, -0.1) is 0 Å². The van der Waals surface area contributed by atoms with Crippen LogP contribution in [0.15, 0.2) is 16.5 Å². The lowest BCUT2D eigenvalue weighted by Crippen LogP contribution is -2.40. The van der Waals surface area contributed by atoms with Crippen molar-refractivity contribution in [3.05, 3.63) is 23.7 Å². The molecule has 2 N–H and O–H groups in total. The van der Waals surface area contributed by atoms with E-state index in [-0.39, 0.29) is 5.91 Å². The van der Waals surface area contributed by atoms with E-state index in [9.17, 15) is 4.79 Å². The fourth-order valence-corrected chi connectivity index (χ4v) is 1.72. The van der Waals surface area contributed by atoms with Gasteiger partial charge in [0.15, 0.2) is 0 Å². The minimum absolute atomic E-state index is 0.0631. The van der Waals surface area contributed by atoms with Gasteiger partial charge in [0.25, 0.3) is 0 Å². The number of carbonyl (C=O) groups is 1. The van der Waals surface area contributed by atoms with Crippen LogP contribution in [0.4, 0.5) is 0 Å². The Morgan fingerprint density at radius 1 is 1.57 bits per heavy atom. The molecule has 1 aromatic rings. The number of nitrogens with two attached hydrogens (primary N) is 1. The zero-order chi connectivity index (χ0) is 10.3. The Morgan fingerprint density at radius 3 is 2.57 bits per heavy atom. The predicted octanol–water partition coefficient (Wildman–Crippen LogP) is 0.952. The highest BCUT2D eigenvalue weighted by Gasteiger charge is 2.54. The molecule has 1 fully saturated rings. The van der Waals surface area contributed by atoms with Crippen molar-refractivity contribution < 1.29 is 9.21 Å². The van der Waals surface area contributed by atoms with Crippen molar-refractivity contribution in [3.63, 3.8) is 0 Å². The lowest BCUT2D eigenvalue weighted by molar-refractivity contribution is -0.133. The minimum Gasteiger partial charge on any atom is -0.465 e. The van der Waals surface area contributed by atoms with E-state index < -0.39 is 5.41 Å². The lowest BCUT2D eigenvalue weighted by atomic mass is 10.0. The number of hydrogen-bond donors (Lipinski definition) is 1. The first kappa shape index (κ1) is 9.27. The SMILES string of the molecule is Cc1ccc(C2(C(=O)N(C)N)CC2)o1. The summed E-state index contributed by atoms with van der Waals surface area (Å²) in [5, 5.41) is 1.14. The number of furan rings is 1. The number of carbonyl (C=O) groups excluding carboxylic acids is 1. The van der Waals surface area contributed by atoms with Crippen molar-refractivity contribution in [2.24, 2.45) is 5.84 Å². The van der Waals surface area contributed by atoms with Crippen LogP contribution in [0.25, 0.3) is 0 Å². The van der Waals surface area contributed by atoms with E-state index in [1.807, 2.05) is 19.1 Å². The number of nitrogens with zero attached hydrogens (tertiary/aromatic N) is 1. The van der Waals surface area contributed by atoms with Gasteiger partial charge in [-0.3, -0.25) is 9.80 Å². The first-order valence-electron chi connectivity index (χ1n) is 4.66. The van der Waals surface area contributed by atoms with Crippen LogP contribution in [-0.2, 0) is 10.2 Å². The first-order chi connectivity index (χ1) is 6.56. The number of hydrogen-bond acceptors (Lipinski definition) is 3. The molecule has 0 spiro atoms. The van der Waals surface area contributed by atoms with E-state index in [0.29, 0.717) is 0 Å². The summed E-state index contributed by atoms with van der Waals surface area (Å²) in [5.41, 5.74) is -0.461. The van der Waals surface area contributed by atoms with Crippen molar-refractivity contribution in [3.8, 4) is 0 Å². The Balaban J connectivity index is 2.29. The van der Waals surface area contributed by atoms with Gasteiger partial charge < -0.3 is 4.42 Å². The standard InChI is InChI=1S/C10H14N2O2/c1-7-3-4-8(14-7)10(5-6-10)9(13)12(2)11/h3-4H,5-6,11H2,1-2H3. The van der Waals surface area contributed by atoms with Gasteiger partial charge in [-0.2, -0.15) is 0 Å². The van der Waals surface area contributed by atoms with Crippen LogP contribution >= 0.6 is 0 Å². The van der Waals surface area contributed by atoms with Crippen LogP contribution < -0.4 is 5.84 Å². The molecule has 1 amide bonds. The maximum atomic E-state index is 11.8. The summed E-state index contributed by atoms with van der Waals surface area (Å²) in [6, 6.07) is 3.74. The van der Waals surface area contributed by atoms with Crippen LogP contribution in [0.2, 0.25) is 0 Å². The maximum absolute atomic E-state index is 11.8. The molecular formula is C10H14N2O2. The zero-order valence-electron chi connectivity index (χ0n) is 8.41. The molecule has 76 valence electrons. The Hall–Kier alpha value is -1.29. The van der Waals surface area contributed by atoms with E-state index in [2.05, 4.69) is 0 Å². The molecule has 1 heterocycles. The van der Waals surface area contributed by atoms with Crippen LogP contribution in [0.5, 0.6) is 0 Å². The molecule has 0 aliphatic heterocycles. The number of amides is 1. The van der Waals surface area contributed by atoms with Crippen LogP contribution in [0, 0.1) is 6.92 Å². The summed E-state index contributed by atoms with van der Waals surface area (Å²) in [6.45, 7) is 1.87. The third-order valence-corrected chi connectivity index (χ3v) is 2.69. The molecule has 0 unspecified atom stereocenters.